The molecule has 31 heavy (non-hydrogen) atoms. The molecular weight excluding hydrogens is 432 g/mol. The van der Waals surface area contributed by atoms with Gasteiger partial charge < -0.3 is 14.5 Å². The molecule has 0 fully saturated rings. The van der Waals surface area contributed by atoms with Crippen LogP contribution in [-0.2, 0) is 9.53 Å². The molecule has 0 aliphatic carbocycles. The summed E-state index contributed by atoms with van der Waals surface area (Å²) in [7, 11) is 0. The lowest BCUT2D eigenvalue weighted by atomic mass is 10.1. The Kier molecular flexibility index (Phi) is 6.69. The molecule has 4 aromatic rings. The van der Waals surface area contributed by atoms with Crippen LogP contribution in [0.4, 0.5) is 0 Å². The van der Waals surface area contributed by atoms with E-state index >= 15 is 0 Å². The lowest BCUT2D eigenvalue weighted by molar-refractivity contribution is -0.141. The van der Waals surface area contributed by atoms with Gasteiger partial charge in [-0.05, 0) is 24.6 Å². The summed E-state index contributed by atoms with van der Waals surface area (Å²) in [6.45, 7) is 2.45. The van der Waals surface area contributed by atoms with E-state index in [0.717, 1.165) is 34.2 Å². The quantitative estimate of drug-likeness (QED) is 0.181. The van der Waals surface area contributed by atoms with Crippen LogP contribution in [0.5, 0.6) is 5.75 Å². The zero-order valence-electron chi connectivity index (χ0n) is 16.8. The predicted octanol–water partition coefficient (Wildman–Crippen LogP) is 4.67. The molecule has 0 unspecified atom stereocenters. The molecule has 0 saturated heterocycles. The van der Waals surface area contributed by atoms with Crippen molar-refractivity contribution < 1.29 is 14.3 Å². The summed E-state index contributed by atoms with van der Waals surface area (Å²) in [5.41, 5.74) is 2.79. The molecule has 0 atom stereocenters. The van der Waals surface area contributed by atoms with E-state index in [1.807, 2.05) is 66.9 Å². The number of carbonyl (C=O) groups is 1. The minimum Gasteiger partial charge on any atom is -0.490 e. The molecule has 0 amide bonds. The second kappa shape index (κ2) is 9.80. The molecule has 4 rings (SSSR count). The predicted molar refractivity (Wildman–Crippen MR) is 124 cm³/mol. The van der Waals surface area contributed by atoms with Crippen LogP contribution >= 0.6 is 23.1 Å². The molecule has 6 nitrogen and oxygen atoms in total. The lowest BCUT2D eigenvalue weighted by Crippen LogP contribution is -2.14. The average Bonchev–Trinajstić information content (AvgIpc) is 3.21. The number of nitrogens with zero attached hydrogens (tertiary/aromatic N) is 1. The third-order valence-electron chi connectivity index (χ3n) is 4.47. The fraction of sp³-hybridized carbons (Fsp3) is 0.174. The van der Waals surface area contributed by atoms with E-state index < -0.39 is 5.97 Å². The van der Waals surface area contributed by atoms with E-state index in [4.69, 9.17) is 9.47 Å². The summed E-state index contributed by atoms with van der Waals surface area (Å²) in [6, 6.07) is 17.4. The maximum Gasteiger partial charge on any atom is 0.316 e. The zero-order valence-corrected chi connectivity index (χ0v) is 18.4. The highest BCUT2D eigenvalue weighted by molar-refractivity contribution is 7.99. The number of aromatic nitrogens is 2. The highest BCUT2D eigenvalue weighted by Gasteiger charge is 2.14. The number of rotatable bonds is 8. The molecule has 158 valence electrons. The molecule has 0 saturated carbocycles. The molecule has 8 heteroatoms. The zero-order chi connectivity index (χ0) is 21.6. The number of carbonyl (C=O) groups excluding carboxylic acids is 1. The van der Waals surface area contributed by atoms with Gasteiger partial charge in [-0.1, -0.05) is 59.8 Å². The SMILES string of the molecule is Cc1ccc(-c2csc3nc(SCC(=O)OCCOc4ccccc4)[nH]c(=O)c23)cc1. The summed E-state index contributed by atoms with van der Waals surface area (Å²) in [5, 5.41) is 2.90. The first-order valence-electron chi connectivity index (χ1n) is 9.65. The topological polar surface area (TPSA) is 81.3 Å². The molecule has 2 heterocycles. The molecule has 1 N–H and O–H groups in total. The summed E-state index contributed by atoms with van der Waals surface area (Å²) < 4.78 is 10.7. The number of thiophene rings is 1. The van der Waals surface area contributed by atoms with Crippen LogP contribution in [-0.4, -0.2) is 34.9 Å². The molecule has 2 aromatic carbocycles. The summed E-state index contributed by atoms with van der Waals surface area (Å²) >= 11 is 2.56. The fourth-order valence-electron chi connectivity index (χ4n) is 2.94. The Morgan fingerprint density at radius 3 is 2.65 bits per heavy atom. The first kappa shape index (κ1) is 21.1. The van der Waals surface area contributed by atoms with Gasteiger partial charge in [-0.2, -0.15) is 0 Å². The standard InChI is InChI=1S/C23H20N2O4S2/c1-15-7-9-16(10-8-15)18-13-30-22-20(18)21(27)24-23(25-22)31-14-19(26)29-12-11-28-17-5-3-2-4-6-17/h2-10,13H,11-12,14H2,1H3,(H,24,25,27). The second-order valence-corrected chi connectivity index (χ2v) is 8.56. The van der Waals surface area contributed by atoms with Crippen molar-refractivity contribution in [2.24, 2.45) is 0 Å². The first-order chi connectivity index (χ1) is 15.1. The first-order valence-corrected chi connectivity index (χ1v) is 11.5. The Hall–Kier alpha value is -3.10. The minimum atomic E-state index is -0.393. The van der Waals surface area contributed by atoms with Crippen molar-refractivity contribution in [2.45, 2.75) is 12.1 Å². The number of benzene rings is 2. The van der Waals surface area contributed by atoms with E-state index in [-0.39, 0.29) is 24.5 Å². The maximum absolute atomic E-state index is 12.7. The van der Waals surface area contributed by atoms with Gasteiger partial charge >= 0.3 is 5.97 Å². The number of fused-ring (bicyclic) bond motifs is 1. The second-order valence-electron chi connectivity index (χ2n) is 6.74. The smallest absolute Gasteiger partial charge is 0.316 e. The van der Waals surface area contributed by atoms with Gasteiger partial charge in [0.05, 0.1) is 11.1 Å². The number of H-pyrrole nitrogens is 1. The molecule has 2 aromatic heterocycles. The Morgan fingerprint density at radius 2 is 1.87 bits per heavy atom. The van der Waals surface area contributed by atoms with Crippen LogP contribution < -0.4 is 10.3 Å². The van der Waals surface area contributed by atoms with Crippen LogP contribution in [0, 0.1) is 6.92 Å². The third-order valence-corrected chi connectivity index (χ3v) is 6.19. The largest absolute Gasteiger partial charge is 0.490 e. The molecule has 0 aliphatic rings. The van der Waals surface area contributed by atoms with Crippen molar-refractivity contribution in [1.29, 1.82) is 0 Å². The minimum absolute atomic E-state index is 0.0516. The van der Waals surface area contributed by atoms with Gasteiger partial charge in [-0.25, -0.2) is 4.98 Å². The number of aromatic amines is 1. The Labute approximate surface area is 187 Å². The van der Waals surface area contributed by atoms with Gasteiger partial charge in [0.15, 0.2) is 5.16 Å². The van der Waals surface area contributed by atoms with Crippen molar-refractivity contribution in [1.82, 2.24) is 9.97 Å². The van der Waals surface area contributed by atoms with Crippen LogP contribution in [0.3, 0.4) is 0 Å². The van der Waals surface area contributed by atoms with Crippen molar-refractivity contribution in [2.75, 3.05) is 19.0 Å². The van der Waals surface area contributed by atoms with Gasteiger partial charge in [-0.3, -0.25) is 9.59 Å². The number of para-hydroxylation sites is 1. The van der Waals surface area contributed by atoms with Gasteiger partial charge in [0.1, 0.15) is 23.8 Å². The number of nitrogens with one attached hydrogen (secondary N) is 1. The molecule has 0 bridgehead atoms. The normalized spacial score (nSPS) is 10.9. The summed E-state index contributed by atoms with van der Waals surface area (Å²) in [6.07, 6.45) is 0. The van der Waals surface area contributed by atoms with Crippen LogP contribution in [0.15, 0.2) is 69.9 Å². The van der Waals surface area contributed by atoms with Crippen molar-refractivity contribution in [3.8, 4) is 16.9 Å². The van der Waals surface area contributed by atoms with Gasteiger partial charge in [0.2, 0.25) is 0 Å². The van der Waals surface area contributed by atoms with Gasteiger partial charge in [0, 0.05) is 10.9 Å². The Balaban J connectivity index is 1.34. The number of aryl methyl sites for hydroxylation is 1. The number of thioether (sulfide) groups is 1. The molecule has 0 aliphatic heterocycles. The van der Waals surface area contributed by atoms with Crippen molar-refractivity contribution in [3.05, 3.63) is 75.9 Å². The van der Waals surface area contributed by atoms with E-state index in [0.29, 0.717) is 15.4 Å². The van der Waals surface area contributed by atoms with Crippen LogP contribution in [0.25, 0.3) is 21.3 Å². The monoisotopic (exact) mass is 452 g/mol. The highest BCUT2D eigenvalue weighted by atomic mass is 32.2. The molecule has 0 spiro atoms. The highest BCUT2D eigenvalue weighted by Crippen LogP contribution is 2.31. The molecule has 0 radical (unpaired) electrons. The Morgan fingerprint density at radius 1 is 1.10 bits per heavy atom. The number of hydrogen-bond donors (Lipinski definition) is 1. The lowest BCUT2D eigenvalue weighted by Gasteiger charge is -2.07. The Bertz CT molecular complexity index is 1230. The van der Waals surface area contributed by atoms with E-state index in [2.05, 4.69) is 9.97 Å². The average molecular weight is 453 g/mol. The molecular formula is C23H20N2O4S2. The fourth-order valence-corrected chi connectivity index (χ4v) is 4.61. The maximum atomic E-state index is 12.7. The number of esters is 1. The van der Waals surface area contributed by atoms with E-state index in [1.165, 1.54) is 11.3 Å². The van der Waals surface area contributed by atoms with E-state index in [9.17, 15) is 9.59 Å². The van der Waals surface area contributed by atoms with Crippen LogP contribution in [0.2, 0.25) is 0 Å². The van der Waals surface area contributed by atoms with E-state index in [1.54, 1.807) is 0 Å². The summed E-state index contributed by atoms with van der Waals surface area (Å²) in [4.78, 5) is 32.6. The third kappa shape index (κ3) is 5.34. The van der Waals surface area contributed by atoms with Crippen LogP contribution in [0.1, 0.15) is 5.56 Å². The number of hydrogen-bond acceptors (Lipinski definition) is 7. The number of ether oxygens (including phenoxy) is 2. The summed E-state index contributed by atoms with van der Waals surface area (Å²) in [5.74, 6) is 0.385. The van der Waals surface area contributed by atoms with Gasteiger partial charge in [0.25, 0.3) is 5.56 Å². The van der Waals surface area contributed by atoms with Gasteiger partial charge in [-0.15, -0.1) is 11.3 Å². The van der Waals surface area contributed by atoms with Crippen molar-refractivity contribution in [3.63, 3.8) is 0 Å². The van der Waals surface area contributed by atoms with Crippen molar-refractivity contribution >= 4 is 39.3 Å².